The third kappa shape index (κ3) is 4.56. The van der Waals surface area contributed by atoms with Gasteiger partial charge in [-0.05, 0) is 31.7 Å². The molecule has 13 heteroatoms. The van der Waals surface area contributed by atoms with Gasteiger partial charge in [-0.1, -0.05) is 36.4 Å². The number of hydrogen-bond donors (Lipinski definition) is 2. The van der Waals surface area contributed by atoms with Gasteiger partial charge < -0.3 is 16.4 Å². The summed E-state index contributed by atoms with van der Waals surface area (Å²) >= 11 is 0. The van der Waals surface area contributed by atoms with Crippen molar-refractivity contribution in [2.24, 2.45) is 0 Å². The van der Waals surface area contributed by atoms with Crippen molar-refractivity contribution >= 4 is 33.0 Å². The quantitative estimate of drug-likeness (QED) is 0.306. The van der Waals surface area contributed by atoms with E-state index in [1.165, 1.54) is 16.9 Å². The van der Waals surface area contributed by atoms with Crippen LogP contribution in [0.3, 0.4) is 0 Å². The Morgan fingerprint density at radius 2 is 1.63 bits per heavy atom. The van der Waals surface area contributed by atoms with Crippen LogP contribution in [0.5, 0.6) is 0 Å². The number of rotatable bonds is 5. The van der Waals surface area contributed by atoms with E-state index in [2.05, 4.69) is 20.1 Å². The van der Waals surface area contributed by atoms with Crippen molar-refractivity contribution in [2.45, 2.75) is 48.6 Å². The van der Waals surface area contributed by atoms with E-state index in [0.717, 1.165) is 35.9 Å². The molecule has 3 atom stereocenters. The van der Waals surface area contributed by atoms with Gasteiger partial charge in [0.15, 0.2) is 27.0 Å². The minimum absolute atomic E-state index is 0.0146. The van der Waals surface area contributed by atoms with E-state index in [9.17, 15) is 13.2 Å². The number of carbonyl (C=O) groups is 1. The fraction of sp³-hybridized carbons (Fsp3) is 0.267. The molecule has 2 aliphatic heterocycles. The lowest BCUT2D eigenvalue weighted by atomic mass is 9.87. The summed E-state index contributed by atoms with van der Waals surface area (Å²) in [7, 11) is -3.77. The van der Waals surface area contributed by atoms with Crippen molar-refractivity contribution in [3.63, 3.8) is 0 Å². The highest BCUT2D eigenvalue weighted by Crippen LogP contribution is 2.46. The molecule has 0 radical (unpaired) electrons. The summed E-state index contributed by atoms with van der Waals surface area (Å²) in [5.41, 5.74) is 16.8. The van der Waals surface area contributed by atoms with Crippen LogP contribution in [0.1, 0.15) is 47.8 Å². The number of aromatic nitrogens is 6. The molecule has 12 nitrogen and oxygen atoms in total. The zero-order valence-electron chi connectivity index (χ0n) is 23.3. The number of nitrogen functional groups attached to an aromatic ring is 2. The van der Waals surface area contributed by atoms with Gasteiger partial charge in [0.2, 0.25) is 0 Å². The molecular formula is C30H29N9O3S. The van der Waals surface area contributed by atoms with E-state index in [1.807, 2.05) is 47.4 Å². The highest BCUT2D eigenvalue weighted by Gasteiger charge is 2.46. The summed E-state index contributed by atoms with van der Waals surface area (Å²) < 4.78 is 27.6. The first-order valence-corrected chi connectivity index (χ1v) is 15.9. The van der Waals surface area contributed by atoms with Gasteiger partial charge in [-0.25, -0.2) is 23.4 Å². The third-order valence-electron chi connectivity index (χ3n) is 8.46. The molecule has 4 N–H and O–H groups in total. The summed E-state index contributed by atoms with van der Waals surface area (Å²) in [5.74, 6) is -0.389. The molecule has 0 aliphatic carbocycles. The number of nitrogens with zero attached hydrogens (tertiary/aromatic N) is 7. The summed E-state index contributed by atoms with van der Waals surface area (Å²) in [6.45, 7) is 0. The maximum atomic E-state index is 13.5. The van der Waals surface area contributed by atoms with Gasteiger partial charge in [0.1, 0.15) is 10.7 Å². The number of nitrogens with two attached hydrogens (primary N) is 2. The van der Waals surface area contributed by atoms with Gasteiger partial charge in [0.25, 0.3) is 5.91 Å². The Kier molecular flexibility index (Phi) is 6.34. The van der Waals surface area contributed by atoms with Crippen LogP contribution in [0.2, 0.25) is 0 Å². The Balaban J connectivity index is 1.27. The Labute approximate surface area is 247 Å². The van der Waals surface area contributed by atoms with Gasteiger partial charge >= 0.3 is 0 Å². The summed E-state index contributed by atoms with van der Waals surface area (Å²) in [6.07, 6.45) is 10.1. The number of piperidine rings is 1. The summed E-state index contributed by atoms with van der Waals surface area (Å²) in [4.78, 5) is 33.1. The first-order valence-electron chi connectivity index (χ1n) is 14.0. The maximum absolute atomic E-state index is 13.5. The minimum Gasteiger partial charge on any atom is -0.382 e. The normalized spacial score (nSPS) is 20.0. The summed E-state index contributed by atoms with van der Waals surface area (Å²) in [5, 5.41) is 4.41. The van der Waals surface area contributed by atoms with Crippen LogP contribution in [0.4, 0.5) is 11.6 Å². The maximum Gasteiger partial charge on any atom is 0.276 e. The molecule has 0 saturated carbocycles. The first-order chi connectivity index (χ1) is 20.7. The van der Waals surface area contributed by atoms with Crippen LogP contribution in [-0.4, -0.2) is 67.1 Å². The van der Waals surface area contributed by atoms with Gasteiger partial charge in [-0.2, -0.15) is 9.61 Å². The van der Waals surface area contributed by atoms with E-state index >= 15 is 0 Å². The van der Waals surface area contributed by atoms with Crippen LogP contribution in [0, 0.1) is 0 Å². The molecule has 43 heavy (non-hydrogen) atoms. The SMILES string of the molecule is CS(=O)(=O)c1c(C2CC3CC[C@@H](C2)N3C(=O)c2nccnc2N)nc2c(-c3ccc(-c4ccccc4)nc3)cnn2c1N. The molecule has 6 heterocycles. The number of amides is 1. The number of hydrogen-bond acceptors (Lipinski definition) is 10. The summed E-state index contributed by atoms with van der Waals surface area (Å²) in [6, 6.07) is 13.5. The van der Waals surface area contributed by atoms with E-state index < -0.39 is 9.84 Å². The van der Waals surface area contributed by atoms with Crippen LogP contribution in [0.15, 0.2) is 72.1 Å². The highest BCUT2D eigenvalue weighted by molar-refractivity contribution is 7.91. The zero-order chi connectivity index (χ0) is 29.9. The lowest BCUT2D eigenvalue weighted by molar-refractivity contribution is 0.0563. The first kappa shape index (κ1) is 27.0. The lowest BCUT2D eigenvalue weighted by Crippen LogP contribution is -2.46. The molecule has 5 aromatic rings. The molecular weight excluding hydrogens is 566 g/mol. The van der Waals surface area contributed by atoms with Crippen molar-refractivity contribution in [1.29, 1.82) is 0 Å². The van der Waals surface area contributed by atoms with Crippen LogP contribution in [0.25, 0.3) is 28.0 Å². The van der Waals surface area contributed by atoms with Gasteiger partial charge in [-0.15, -0.1) is 0 Å². The smallest absolute Gasteiger partial charge is 0.276 e. The van der Waals surface area contributed by atoms with Crippen molar-refractivity contribution < 1.29 is 13.2 Å². The fourth-order valence-electron chi connectivity index (χ4n) is 6.58. The van der Waals surface area contributed by atoms with Gasteiger partial charge in [0, 0.05) is 59.5 Å². The van der Waals surface area contributed by atoms with Crippen LogP contribution < -0.4 is 11.5 Å². The Bertz CT molecular complexity index is 1960. The fourth-order valence-corrected chi connectivity index (χ4v) is 7.64. The second-order valence-corrected chi connectivity index (χ2v) is 13.1. The standard InChI is InChI=1S/C30H29N9O3S/c1-43(41,42)26-24(19-13-20-8-9-21(14-19)38(20)30(40)25-27(31)34-12-11-33-25)37-29-22(16-36-39(29)28(26)32)18-7-10-23(35-15-18)17-5-3-2-4-6-17/h2-7,10-12,15-16,19-21H,8-9,13-14,32H2,1H3,(H2,31,34)/t19?,20-,21?/m0/s1. The minimum atomic E-state index is -3.77. The van der Waals surface area contributed by atoms with E-state index in [4.69, 9.17) is 16.5 Å². The number of carbonyl (C=O) groups excluding carboxylic acids is 1. The average Bonchev–Trinajstić information content (AvgIpc) is 3.55. The Morgan fingerprint density at radius 3 is 2.28 bits per heavy atom. The van der Waals surface area contributed by atoms with E-state index in [0.29, 0.717) is 29.7 Å². The number of fused-ring (bicyclic) bond motifs is 3. The highest BCUT2D eigenvalue weighted by atomic mass is 32.2. The Hall–Kier alpha value is -4.91. The predicted octanol–water partition coefficient (Wildman–Crippen LogP) is 3.37. The molecule has 7 rings (SSSR count). The molecule has 2 saturated heterocycles. The van der Waals surface area contributed by atoms with Crippen molar-refractivity contribution in [2.75, 3.05) is 17.7 Å². The predicted molar refractivity (Wildman–Crippen MR) is 161 cm³/mol. The molecule has 2 fully saturated rings. The van der Waals surface area contributed by atoms with Crippen molar-refractivity contribution in [3.8, 4) is 22.4 Å². The molecule has 4 aromatic heterocycles. The van der Waals surface area contributed by atoms with E-state index in [-0.39, 0.29) is 46.1 Å². The molecule has 1 amide bonds. The van der Waals surface area contributed by atoms with E-state index in [1.54, 1.807) is 12.4 Å². The average molecular weight is 596 g/mol. The van der Waals surface area contributed by atoms with Crippen molar-refractivity contribution in [1.82, 2.24) is 34.4 Å². The molecule has 0 spiro atoms. The zero-order valence-corrected chi connectivity index (χ0v) is 24.1. The lowest BCUT2D eigenvalue weighted by Gasteiger charge is -2.39. The number of benzene rings is 1. The van der Waals surface area contributed by atoms with Crippen LogP contribution in [-0.2, 0) is 9.84 Å². The second kappa shape index (κ2) is 10.1. The molecule has 2 unspecified atom stereocenters. The number of pyridine rings is 1. The topological polar surface area (TPSA) is 175 Å². The van der Waals surface area contributed by atoms with Gasteiger partial charge in [-0.3, -0.25) is 9.78 Å². The van der Waals surface area contributed by atoms with Crippen molar-refractivity contribution in [3.05, 3.63) is 78.6 Å². The molecule has 2 bridgehead atoms. The second-order valence-electron chi connectivity index (χ2n) is 11.1. The number of sulfone groups is 1. The molecule has 2 aliphatic rings. The largest absolute Gasteiger partial charge is 0.382 e. The third-order valence-corrected chi connectivity index (χ3v) is 9.62. The Morgan fingerprint density at radius 1 is 0.907 bits per heavy atom. The number of anilines is 2. The van der Waals surface area contributed by atoms with Crippen LogP contribution >= 0.6 is 0 Å². The molecule has 218 valence electrons. The molecule has 1 aromatic carbocycles. The monoisotopic (exact) mass is 595 g/mol. The van der Waals surface area contributed by atoms with Gasteiger partial charge in [0.05, 0.1) is 17.6 Å².